The molecule has 1 amide bonds. The van der Waals surface area contributed by atoms with Gasteiger partial charge >= 0.3 is 5.63 Å². The average molecular weight is 440 g/mol. The molecule has 0 radical (unpaired) electrons. The molecule has 9 heteroatoms. The van der Waals surface area contributed by atoms with Gasteiger partial charge in [0.15, 0.2) is 5.16 Å². The molecule has 0 unspecified atom stereocenters. The normalized spacial score (nSPS) is 16.6. The molecule has 2 fully saturated rings. The summed E-state index contributed by atoms with van der Waals surface area (Å²) in [7, 11) is 0. The fraction of sp³-hybridized carbons (Fsp3) is 0.455. The summed E-state index contributed by atoms with van der Waals surface area (Å²) in [5.74, 6) is 1.41. The number of carbonyl (C=O) groups excluding carboxylic acids is 1. The number of hydrogen-bond donors (Lipinski definition) is 1. The molecule has 1 N–H and O–H groups in total. The fourth-order valence-electron chi connectivity index (χ4n) is 4.10. The van der Waals surface area contributed by atoms with E-state index < -0.39 is 5.63 Å². The Bertz CT molecular complexity index is 1180. The number of fused-ring (bicyclic) bond motifs is 1. The minimum Gasteiger partial charge on any atom is -0.423 e. The molecule has 1 aromatic carbocycles. The molecule has 3 aromatic rings. The average Bonchev–Trinajstić information content (AvgIpc) is 3.50. The second-order valence-electron chi connectivity index (χ2n) is 8.20. The van der Waals surface area contributed by atoms with Crippen molar-refractivity contribution in [1.82, 2.24) is 14.8 Å². The quantitative estimate of drug-likeness (QED) is 0.459. The minimum absolute atomic E-state index is 0.169. The van der Waals surface area contributed by atoms with Gasteiger partial charge in [-0.1, -0.05) is 11.8 Å². The zero-order chi connectivity index (χ0) is 21.4. The van der Waals surface area contributed by atoms with Crippen LogP contribution in [0.3, 0.4) is 0 Å². The summed E-state index contributed by atoms with van der Waals surface area (Å²) in [6.45, 7) is 3.52. The third-order valence-corrected chi connectivity index (χ3v) is 6.70. The lowest BCUT2D eigenvalue weighted by Crippen LogP contribution is -2.31. The Morgan fingerprint density at radius 2 is 2.00 bits per heavy atom. The molecule has 1 saturated carbocycles. The summed E-state index contributed by atoms with van der Waals surface area (Å²) < 4.78 is 7.67. The summed E-state index contributed by atoms with van der Waals surface area (Å²) in [5.41, 5.74) is 1.55. The second kappa shape index (κ2) is 8.37. The third-order valence-electron chi connectivity index (χ3n) is 5.70. The Hall–Kier alpha value is -2.81. The van der Waals surface area contributed by atoms with Gasteiger partial charge in [-0.2, -0.15) is 0 Å². The van der Waals surface area contributed by atoms with Crippen LogP contribution in [0.4, 0.5) is 11.6 Å². The molecular weight excluding hydrogens is 414 g/mol. The first-order chi connectivity index (χ1) is 15.1. The van der Waals surface area contributed by atoms with E-state index in [2.05, 4.69) is 25.0 Å². The highest BCUT2D eigenvalue weighted by atomic mass is 32.2. The number of anilines is 2. The maximum absolute atomic E-state index is 12.1. The van der Waals surface area contributed by atoms with Crippen LogP contribution in [0, 0.1) is 0 Å². The Morgan fingerprint density at radius 1 is 1.19 bits per heavy atom. The number of nitrogens with zero attached hydrogens (tertiary/aromatic N) is 4. The highest BCUT2D eigenvalue weighted by Crippen LogP contribution is 2.42. The topological polar surface area (TPSA) is 93.3 Å². The van der Waals surface area contributed by atoms with E-state index >= 15 is 0 Å². The van der Waals surface area contributed by atoms with E-state index in [4.69, 9.17) is 4.42 Å². The van der Waals surface area contributed by atoms with Gasteiger partial charge in [0.05, 0.1) is 0 Å². The lowest BCUT2D eigenvalue weighted by molar-refractivity contribution is -0.114. The molecule has 31 heavy (non-hydrogen) atoms. The van der Waals surface area contributed by atoms with E-state index in [9.17, 15) is 9.59 Å². The Labute approximate surface area is 184 Å². The van der Waals surface area contributed by atoms with Crippen LogP contribution >= 0.6 is 11.8 Å². The Balaban J connectivity index is 1.41. The monoisotopic (exact) mass is 439 g/mol. The number of aromatic nitrogens is 3. The predicted octanol–water partition coefficient (Wildman–Crippen LogP) is 3.96. The molecule has 0 spiro atoms. The number of nitrogens with one attached hydrogen (secondary N) is 1. The second-order valence-corrected chi connectivity index (χ2v) is 9.15. The van der Waals surface area contributed by atoms with Crippen molar-refractivity contribution >= 4 is 40.3 Å². The van der Waals surface area contributed by atoms with Gasteiger partial charge in [-0.3, -0.25) is 9.36 Å². The number of benzene rings is 1. The maximum atomic E-state index is 12.1. The summed E-state index contributed by atoms with van der Waals surface area (Å²) >= 11 is 1.60. The molecule has 0 atom stereocenters. The van der Waals surface area contributed by atoms with Gasteiger partial charge in [0.1, 0.15) is 5.58 Å². The van der Waals surface area contributed by atoms with Gasteiger partial charge in [0.2, 0.25) is 11.9 Å². The first-order valence-corrected chi connectivity index (χ1v) is 11.7. The minimum atomic E-state index is -0.402. The van der Waals surface area contributed by atoms with Crippen molar-refractivity contribution in [3.05, 3.63) is 40.2 Å². The van der Waals surface area contributed by atoms with E-state index in [1.807, 2.05) is 12.1 Å². The molecule has 0 bridgehead atoms. The maximum Gasteiger partial charge on any atom is 0.336 e. The lowest BCUT2D eigenvalue weighted by Gasteiger charge is -2.27. The highest BCUT2D eigenvalue weighted by molar-refractivity contribution is 7.98. The molecule has 5 rings (SSSR count). The zero-order valence-corrected chi connectivity index (χ0v) is 18.3. The third kappa shape index (κ3) is 4.32. The molecule has 3 heterocycles. The molecule has 1 saturated heterocycles. The standard InChI is InChI=1S/C22H25N5O3S/c1-14(28)23-16-5-8-18-15(11-20(29)30-19(18)12-16)13-31-22-25-24-21(27(22)17-6-7-17)26-9-3-2-4-10-26/h5,8,11-12,17H,2-4,6-7,9-10,13H2,1H3,(H,23,28). The van der Waals surface area contributed by atoms with Crippen molar-refractivity contribution in [3.8, 4) is 0 Å². The number of rotatable bonds is 6. The van der Waals surface area contributed by atoms with Gasteiger partial charge in [0, 0.05) is 55.0 Å². The van der Waals surface area contributed by atoms with Crippen LogP contribution in [0.2, 0.25) is 0 Å². The first kappa shape index (κ1) is 20.1. The van der Waals surface area contributed by atoms with Crippen molar-refractivity contribution in [3.63, 3.8) is 0 Å². The van der Waals surface area contributed by atoms with E-state index in [-0.39, 0.29) is 5.91 Å². The van der Waals surface area contributed by atoms with Crippen LogP contribution < -0.4 is 15.8 Å². The molecule has 1 aliphatic carbocycles. The number of thioether (sulfide) groups is 1. The fourth-order valence-corrected chi connectivity index (χ4v) is 5.09. The highest BCUT2D eigenvalue weighted by Gasteiger charge is 2.32. The van der Waals surface area contributed by atoms with Crippen molar-refractivity contribution in [2.24, 2.45) is 0 Å². The molecule has 8 nitrogen and oxygen atoms in total. The number of piperidine rings is 1. The van der Waals surface area contributed by atoms with Gasteiger partial charge in [0.25, 0.3) is 0 Å². The van der Waals surface area contributed by atoms with Crippen LogP contribution in [0.5, 0.6) is 0 Å². The van der Waals surface area contributed by atoms with E-state index in [0.29, 0.717) is 23.1 Å². The number of hydrogen-bond acceptors (Lipinski definition) is 7. The van der Waals surface area contributed by atoms with E-state index in [0.717, 1.165) is 48.0 Å². The van der Waals surface area contributed by atoms with Crippen LogP contribution in [-0.4, -0.2) is 33.8 Å². The summed E-state index contributed by atoms with van der Waals surface area (Å²) in [4.78, 5) is 25.8. The largest absolute Gasteiger partial charge is 0.423 e. The lowest BCUT2D eigenvalue weighted by atomic mass is 10.1. The van der Waals surface area contributed by atoms with Gasteiger partial charge in [-0.05, 0) is 49.8 Å². The molecule has 162 valence electrons. The van der Waals surface area contributed by atoms with Crippen LogP contribution in [0.15, 0.2) is 38.6 Å². The molecular formula is C22H25N5O3S. The molecule has 2 aromatic heterocycles. The smallest absolute Gasteiger partial charge is 0.336 e. The van der Waals surface area contributed by atoms with Crippen LogP contribution in [-0.2, 0) is 10.5 Å². The van der Waals surface area contributed by atoms with Crippen molar-refractivity contribution < 1.29 is 9.21 Å². The summed E-state index contributed by atoms with van der Waals surface area (Å²) in [6.07, 6.45) is 6.01. The van der Waals surface area contributed by atoms with Crippen molar-refractivity contribution in [2.45, 2.75) is 56.0 Å². The Kier molecular flexibility index (Phi) is 5.43. The van der Waals surface area contributed by atoms with Crippen molar-refractivity contribution in [2.75, 3.05) is 23.3 Å². The first-order valence-electron chi connectivity index (χ1n) is 10.8. The van der Waals surface area contributed by atoms with Gasteiger partial charge < -0.3 is 14.6 Å². The number of amides is 1. The van der Waals surface area contributed by atoms with Crippen LogP contribution in [0.1, 0.15) is 50.6 Å². The summed E-state index contributed by atoms with van der Waals surface area (Å²) in [5, 5.41) is 13.5. The molecule has 2 aliphatic rings. The summed E-state index contributed by atoms with van der Waals surface area (Å²) in [6, 6.07) is 7.40. The zero-order valence-electron chi connectivity index (χ0n) is 17.5. The SMILES string of the molecule is CC(=O)Nc1ccc2c(CSc3nnc(N4CCCCC4)n3C3CC3)cc(=O)oc2c1. The van der Waals surface area contributed by atoms with E-state index in [1.54, 1.807) is 17.8 Å². The van der Waals surface area contributed by atoms with Gasteiger partial charge in [-0.15, -0.1) is 10.2 Å². The number of carbonyl (C=O) groups is 1. The Morgan fingerprint density at radius 3 is 2.74 bits per heavy atom. The molecule has 1 aliphatic heterocycles. The van der Waals surface area contributed by atoms with Crippen molar-refractivity contribution in [1.29, 1.82) is 0 Å². The van der Waals surface area contributed by atoms with Crippen LogP contribution in [0.25, 0.3) is 11.0 Å². The van der Waals surface area contributed by atoms with Gasteiger partial charge in [-0.25, -0.2) is 4.79 Å². The van der Waals surface area contributed by atoms with E-state index in [1.165, 1.54) is 32.3 Å². The predicted molar refractivity (Wildman–Crippen MR) is 121 cm³/mol.